The van der Waals surface area contributed by atoms with Crippen molar-refractivity contribution in [3.8, 4) is 22.8 Å². The van der Waals surface area contributed by atoms with Gasteiger partial charge in [0.15, 0.2) is 11.5 Å². The third-order valence-electron chi connectivity index (χ3n) is 4.13. The Kier molecular flexibility index (Phi) is 5.21. The molecule has 2 aromatic carbocycles. The van der Waals surface area contributed by atoms with Gasteiger partial charge in [-0.3, -0.25) is 9.78 Å². The second-order valence-corrected chi connectivity index (χ2v) is 6.86. The number of nitrogens with one attached hydrogen (secondary N) is 1. The van der Waals surface area contributed by atoms with Crippen molar-refractivity contribution in [3.05, 3.63) is 84.8 Å². The molecule has 2 heterocycles. The first-order valence-electron chi connectivity index (χ1n) is 8.66. The maximum absolute atomic E-state index is 13.0. The van der Waals surface area contributed by atoms with Gasteiger partial charge in [-0.25, -0.2) is 4.98 Å². The lowest BCUT2D eigenvalue weighted by molar-refractivity contribution is 0.102. The molecule has 1 N–H and O–H groups in total. The van der Waals surface area contributed by atoms with Crippen LogP contribution in [-0.4, -0.2) is 22.1 Å². The van der Waals surface area contributed by atoms with Crippen LogP contribution in [0.15, 0.2) is 88.4 Å². The van der Waals surface area contributed by atoms with E-state index in [1.54, 1.807) is 36.3 Å². The average Bonchev–Trinajstić information content (AvgIpc) is 3.21. The predicted octanol–water partition coefficient (Wildman–Crippen LogP) is 5.38. The maximum Gasteiger partial charge on any atom is 0.278 e. The van der Waals surface area contributed by atoms with Crippen LogP contribution < -0.4 is 5.32 Å². The molecule has 0 aliphatic carbocycles. The van der Waals surface area contributed by atoms with E-state index in [1.165, 1.54) is 0 Å². The van der Waals surface area contributed by atoms with E-state index < -0.39 is 0 Å². The SMILES string of the molecule is CSc1cccc(NC(=O)c2nc(-c3ccccc3)oc2-c2ccncc2)c1. The monoisotopic (exact) mass is 387 g/mol. The normalized spacial score (nSPS) is 10.6. The van der Waals surface area contributed by atoms with Gasteiger partial charge in [0.1, 0.15) is 0 Å². The molecule has 0 radical (unpaired) electrons. The minimum Gasteiger partial charge on any atom is -0.435 e. The predicted molar refractivity (Wildman–Crippen MR) is 111 cm³/mol. The van der Waals surface area contributed by atoms with E-state index >= 15 is 0 Å². The molecule has 0 unspecified atom stereocenters. The minimum atomic E-state index is -0.323. The number of rotatable bonds is 5. The third-order valence-corrected chi connectivity index (χ3v) is 4.86. The highest BCUT2D eigenvalue weighted by molar-refractivity contribution is 7.98. The van der Waals surface area contributed by atoms with Gasteiger partial charge < -0.3 is 9.73 Å². The van der Waals surface area contributed by atoms with Crippen molar-refractivity contribution in [1.29, 1.82) is 0 Å². The van der Waals surface area contributed by atoms with Crippen molar-refractivity contribution >= 4 is 23.4 Å². The molecule has 1 amide bonds. The third kappa shape index (κ3) is 3.82. The Hall–Kier alpha value is -3.38. The zero-order valence-electron chi connectivity index (χ0n) is 15.1. The highest BCUT2D eigenvalue weighted by Crippen LogP contribution is 2.30. The molecule has 6 heteroatoms. The van der Waals surface area contributed by atoms with Crippen LogP contribution in [0.3, 0.4) is 0 Å². The van der Waals surface area contributed by atoms with Crippen LogP contribution in [0.5, 0.6) is 0 Å². The second kappa shape index (κ2) is 8.10. The number of nitrogens with zero attached hydrogens (tertiary/aromatic N) is 2. The summed E-state index contributed by atoms with van der Waals surface area (Å²) in [7, 11) is 0. The summed E-state index contributed by atoms with van der Waals surface area (Å²) in [6, 6.07) is 20.8. The standard InChI is InChI=1S/C22H17N3O2S/c1-28-18-9-5-8-17(14-18)24-21(26)19-20(15-10-12-23-13-11-15)27-22(25-19)16-6-3-2-4-7-16/h2-14H,1H3,(H,24,26). The fourth-order valence-corrected chi connectivity index (χ4v) is 3.23. The number of anilines is 1. The molecule has 0 saturated carbocycles. The molecule has 138 valence electrons. The van der Waals surface area contributed by atoms with Gasteiger partial charge in [-0.15, -0.1) is 11.8 Å². The minimum absolute atomic E-state index is 0.236. The molecule has 0 aliphatic heterocycles. The van der Waals surface area contributed by atoms with Crippen molar-refractivity contribution < 1.29 is 9.21 Å². The Balaban J connectivity index is 1.74. The van der Waals surface area contributed by atoms with Gasteiger partial charge in [0.05, 0.1) is 0 Å². The second-order valence-electron chi connectivity index (χ2n) is 5.98. The van der Waals surface area contributed by atoms with Crippen LogP contribution in [0.2, 0.25) is 0 Å². The number of carbonyl (C=O) groups is 1. The van der Waals surface area contributed by atoms with Gasteiger partial charge in [-0.1, -0.05) is 24.3 Å². The van der Waals surface area contributed by atoms with E-state index in [-0.39, 0.29) is 11.6 Å². The summed E-state index contributed by atoms with van der Waals surface area (Å²) in [6.45, 7) is 0. The Morgan fingerprint density at radius 1 is 0.964 bits per heavy atom. The number of hydrogen-bond acceptors (Lipinski definition) is 5. The quantitative estimate of drug-likeness (QED) is 0.466. The van der Waals surface area contributed by atoms with Crippen molar-refractivity contribution in [2.75, 3.05) is 11.6 Å². The van der Waals surface area contributed by atoms with E-state index in [0.717, 1.165) is 16.0 Å². The molecule has 0 saturated heterocycles. The fraction of sp³-hybridized carbons (Fsp3) is 0.0455. The van der Waals surface area contributed by atoms with E-state index in [2.05, 4.69) is 15.3 Å². The number of aromatic nitrogens is 2. The number of hydrogen-bond donors (Lipinski definition) is 1. The zero-order valence-corrected chi connectivity index (χ0v) is 15.9. The largest absolute Gasteiger partial charge is 0.435 e. The number of pyridine rings is 1. The summed E-state index contributed by atoms with van der Waals surface area (Å²) in [5, 5.41) is 2.92. The first kappa shape index (κ1) is 18.0. The highest BCUT2D eigenvalue weighted by atomic mass is 32.2. The van der Waals surface area contributed by atoms with Gasteiger partial charge in [-0.2, -0.15) is 0 Å². The summed E-state index contributed by atoms with van der Waals surface area (Å²) in [6.07, 6.45) is 5.31. The maximum atomic E-state index is 13.0. The summed E-state index contributed by atoms with van der Waals surface area (Å²) in [5.74, 6) is 0.492. The average molecular weight is 387 g/mol. The van der Waals surface area contributed by atoms with Crippen LogP contribution in [0.1, 0.15) is 10.5 Å². The van der Waals surface area contributed by atoms with Crippen LogP contribution in [0.4, 0.5) is 5.69 Å². The molecular formula is C22H17N3O2S. The molecule has 0 atom stereocenters. The van der Waals surface area contributed by atoms with E-state index in [1.807, 2.05) is 60.9 Å². The first-order valence-corrected chi connectivity index (χ1v) is 9.89. The van der Waals surface area contributed by atoms with Crippen LogP contribution in [-0.2, 0) is 0 Å². The first-order chi connectivity index (χ1) is 13.7. The molecule has 4 rings (SSSR count). The zero-order chi connectivity index (χ0) is 19.3. The molecule has 4 aromatic rings. The number of amides is 1. The smallest absolute Gasteiger partial charge is 0.278 e. The van der Waals surface area contributed by atoms with Gasteiger partial charge in [-0.05, 0) is 48.7 Å². The fourth-order valence-electron chi connectivity index (χ4n) is 2.77. The van der Waals surface area contributed by atoms with Gasteiger partial charge in [0, 0.05) is 34.1 Å². The Morgan fingerprint density at radius 3 is 2.50 bits per heavy atom. The molecule has 0 fully saturated rings. The number of thioether (sulfide) groups is 1. The number of carbonyl (C=O) groups excluding carboxylic acids is 1. The Labute approximate surface area is 166 Å². The topological polar surface area (TPSA) is 68.0 Å². The molecule has 0 aliphatic rings. The molecular weight excluding hydrogens is 370 g/mol. The number of benzene rings is 2. The highest BCUT2D eigenvalue weighted by Gasteiger charge is 2.22. The lowest BCUT2D eigenvalue weighted by Gasteiger charge is -2.06. The lowest BCUT2D eigenvalue weighted by atomic mass is 10.1. The van der Waals surface area contributed by atoms with Gasteiger partial charge in [0.2, 0.25) is 5.89 Å². The summed E-state index contributed by atoms with van der Waals surface area (Å²) < 4.78 is 5.99. The molecule has 2 aromatic heterocycles. The van der Waals surface area contributed by atoms with E-state index in [0.29, 0.717) is 17.3 Å². The van der Waals surface area contributed by atoms with Crippen LogP contribution in [0, 0.1) is 0 Å². The molecule has 28 heavy (non-hydrogen) atoms. The molecule has 0 spiro atoms. The molecule has 0 bridgehead atoms. The summed E-state index contributed by atoms with van der Waals surface area (Å²) in [4.78, 5) is 22.6. The van der Waals surface area contributed by atoms with Crippen LogP contribution >= 0.6 is 11.8 Å². The molecule has 5 nitrogen and oxygen atoms in total. The summed E-state index contributed by atoms with van der Waals surface area (Å²) >= 11 is 1.61. The van der Waals surface area contributed by atoms with Gasteiger partial charge >= 0.3 is 0 Å². The van der Waals surface area contributed by atoms with Crippen molar-refractivity contribution in [3.63, 3.8) is 0 Å². The summed E-state index contributed by atoms with van der Waals surface area (Å²) in [5.41, 5.74) is 2.50. The van der Waals surface area contributed by atoms with Crippen molar-refractivity contribution in [2.45, 2.75) is 4.90 Å². The van der Waals surface area contributed by atoms with Gasteiger partial charge in [0.25, 0.3) is 5.91 Å². The van der Waals surface area contributed by atoms with Crippen molar-refractivity contribution in [1.82, 2.24) is 9.97 Å². The Morgan fingerprint density at radius 2 is 1.75 bits per heavy atom. The van der Waals surface area contributed by atoms with Crippen LogP contribution in [0.25, 0.3) is 22.8 Å². The van der Waals surface area contributed by atoms with E-state index in [4.69, 9.17) is 4.42 Å². The number of oxazole rings is 1. The Bertz CT molecular complexity index is 1100. The lowest BCUT2D eigenvalue weighted by Crippen LogP contribution is -2.13. The van der Waals surface area contributed by atoms with Crippen molar-refractivity contribution in [2.24, 2.45) is 0 Å². The van der Waals surface area contributed by atoms with E-state index in [9.17, 15) is 4.79 Å².